The third-order valence-electron chi connectivity index (χ3n) is 8.00. The van der Waals surface area contributed by atoms with Crippen LogP contribution in [0.5, 0.6) is 0 Å². The summed E-state index contributed by atoms with van der Waals surface area (Å²) in [5, 5.41) is 14.9. The van der Waals surface area contributed by atoms with Gasteiger partial charge in [0.25, 0.3) is 0 Å². The highest BCUT2D eigenvalue weighted by atomic mass is 35.5. The van der Waals surface area contributed by atoms with Crippen molar-refractivity contribution in [2.24, 2.45) is 11.3 Å². The molecule has 1 aromatic carbocycles. The standard InChI is InChI=1S/C27H27Cl2N3O3/c28-19-3-1-4-20(29)23(19)24-18(25(35-31-24)17-7-8-17)13-16-14-27(15-16)9-11-32(12-10-27)22-6-2-5-21(30-22)26(33)34/h1-6,16-17H,7-15H2,(H,33,34). The summed E-state index contributed by atoms with van der Waals surface area (Å²) in [6.45, 7) is 1.81. The van der Waals surface area contributed by atoms with E-state index in [1.54, 1.807) is 12.1 Å². The molecule has 182 valence electrons. The third kappa shape index (κ3) is 4.31. The summed E-state index contributed by atoms with van der Waals surface area (Å²) in [6, 6.07) is 10.8. The van der Waals surface area contributed by atoms with Crippen LogP contribution in [0.4, 0.5) is 5.82 Å². The monoisotopic (exact) mass is 511 g/mol. The van der Waals surface area contributed by atoms with Gasteiger partial charge in [-0.1, -0.05) is 40.5 Å². The lowest BCUT2D eigenvalue weighted by Gasteiger charge is -2.52. The molecule has 0 bridgehead atoms. The van der Waals surface area contributed by atoms with Crippen LogP contribution < -0.4 is 4.90 Å². The first-order valence-electron chi connectivity index (χ1n) is 12.3. The molecule has 8 heteroatoms. The van der Waals surface area contributed by atoms with Gasteiger partial charge in [-0.2, -0.15) is 0 Å². The lowest BCUT2D eigenvalue weighted by Crippen LogP contribution is -2.47. The van der Waals surface area contributed by atoms with Crippen LogP contribution in [0.15, 0.2) is 40.9 Å². The van der Waals surface area contributed by atoms with E-state index in [1.165, 1.54) is 18.4 Å². The zero-order valence-electron chi connectivity index (χ0n) is 19.3. The molecule has 6 rings (SSSR count). The van der Waals surface area contributed by atoms with Gasteiger partial charge in [-0.25, -0.2) is 9.78 Å². The Hall–Kier alpha value is -2.57. The number of aromatic nitrogens is 2. The number of halogens is 2. The first kappa shape index (κ1) is 22.9. The number of anilines is 1. The van der Waals surface area contributed by atoms with Crippen molar-refractivity contribution in [3.8, 4) is 11.3 Å². The summed E-state index contributed by atoms with van der Waals surface area (Å²) in [7, 11) is 0. The second kappa shape index (κ2) is 8.82. The molecule has 0 radical (unpaired) electrons. The minimum atomic E-state index is -0.987. The van der Waals surface area contributed by atoms with Crippen molar-refractivity contribution in [1.29, 1.82) is 0 Å². The van der Waals surface area contributed by atoms with Gasteiger partial charge in [0.05, 0.1) is 10.0 Å². The van der Waals surface area contributed by atoms with Crippen molar-refractivity contribution in [2.45, 2.75) is 50.9 Å². The maximum absolute atomic E-state index is 11.3. The predicted octanol–water partition coefficient (Wildman–Crippen LogP) is 6.86. The molecule has 0 unspecified atom stereocenters. The molecule has 2 saturated carbocycles. The van der Waals surface area contributed by atoms with Crippen LogP contribution in [0.1, 0.15) is 66.3 Å². The van der Waals surface area contributed by atoms with Crippen molar-refractivity contribution in [3.05, 3.63) is 63.5 Å². The Morgan fingerprint density at radius 2 is 1.77 bits per heavy atom. The number of hydrogen-bond donors (Lipinski definition) is 1. The van der Waals surface area contributed by atoms with Crippen molar-refractivity contribution in [2.75, 3.05) is 18.0 Å². The highest BCUT2D eigenvalue weighted by molar-refractivity contribution is 6.39. The average Bonchev–Trinajstić information content (AvgIpc) is 3.60. The molecule has 0 amide bonds. The number of carboxylic acids is 1. The first-order valence-corrected chi connectivity index (χ1v) is 13.1. The molecule has 6 nitrogen and oxygen atoms in total. The number of carboxylic acid groups (broad SMARTS) is 1. The normalized spacial score (nSPS) is 19.7. The van der Waals surface area contributed by atoms with Crippen LogP contribution in [0.25, 0.3) is 11.3 Å². The molecular formula is C27H27Cl2N3O3. The largest absolute Gasteiger partial charge is 0.477 e. The fourth-order valence-electron chi connectivity index (χ4n) is 6.04. The Morgan fingerprint density at radius 3 is 2.43 bits per heavy atom. The molecule has 1 aliphatic heterocycles. The van der Waals surface area contributed by atoms with Crippen molar-refractivity contribution in [1.82, 2.24) is 10.1 Å². The zero-order chi connectivity index (χ0) is 24.2. The second-order valence-corrected chi connectivity index (χ2v) is 11.2. The van der Waals surface area contributed by atoms with E-state index in [-0.39, 0.29) is 5.69 Å². The molecule has 1 N–H and O–H groups in total. The molecule has 1 saturated heterocycles. The van der Waals surface area contributed by atoms with Crippen LogP contribution in [0.2, 0.25) is 10.0 Å². The van der Waals surface area contributed by atoms with E-state index in [0.29, 0.717) is 27.3 Å². The summed E-state index contributed by atoms with van der Waals surface area (Å²) in [5.41, 5.74) is 3.24. The van der Waals surface area contributed by atoms with Gasteiger partial charge in [-0.3, -0.25) is 0 Å². The van der Waals surface area contributed by atoms with Gasteiger partial charge in [-0.15, -0.1) is 0 Å². The molecule has 2 aromatic heterocycles. The predicted molar refractivity (Wildman–Crippen MR) is 135 cm³/mol. The number of carbonyl (C=O) groups is 1. The van der Waals surface area contributed by atoms with Crippen molar-refractivity contribution >= 4 is 35.0 Å². The number of hydrogen-bond acceptors (Lipinski definition) is 5. The Labute approximate surface area is 214 Å². The highest BCUT2D eigenvalue weighted by Crippen LogP contribution is 2.55. The molecule has 0 atom stereocenters. The van der Waals surface area contributed by atoms with E-state index in [9.17, 15) is 9.90 Å². The van der Waals surface area contributed by atoms with Gasteiger partial charge < -0.3 is 14.5 Å². The van der Waals surface area contributed by atoms with Gasteiger partial charge >= 0.3 is 5.97 Å². The Morgan fingerprint density at radius 1 is 1.09 bits per heavy atom. The molecule has 3 aromatic rings. The number of rotatable bonds is 6. The van der Waals surface area contributed by atoms with Crippen LogP contribution in [0.3, 0.4) is 0 Å². The van der Waals surface area contributed by atoms with Gasteiger partial charge in [0, 0.05) is 30.1 Å². The van der Waals surface area contributed by atoms with Crippen molar-refractivity contribution in [3.63, 3.8) is 0 Å². The first-order chi connectivity index (χ1) is 16.9. The SMILES string of the molecule is O=C(O)c1cccc(N2CCC3(CC2)CC(Cc2c(-c4c(Cl)cccc4Cl)noc2C2CC2)C3)n1. The van der Waals surface area contributed by atoms with Crippen LogP contribution in [-0.4, -0.2) is 34.3 Å². The van der Waals surface area contributed by atoms with Gasteiger partial charge in [-0.05, 0) is 80.5 Å². The molecule has 3 aliphatic rings. The summed E-state index contributed by atoms with van der Waals surface area (Å²) in [5.74, 6) is 1.86. The van der Waals surface area contributed by atoms with E-state index >= 15 is 0 Å². The number of aromatic carboxylic acids is 1. The lowest BCUT2D eigenvalue weighted by atomic mass is 9.56. The average molecular weight is 512 g/mol. The summed E-state index contributed by atoms with van der Waals surface area (Å²) in [6.07, 6.45) is 7.83. The van der Waals surface area contributed by atoms with Crippen LogP contribution in [-0.2, 0) is 6.42 Å². The highest BCUT2D eigenvalue weighted by Gasteiger charge is 2.47. The smallest absolute Gasteiger partial charge is 0.354 e. The van der Waals surface area contributed by atoms with E-state index in [1.807, 2.05) is 24.3 Å². The number of pyridine rings is 1. The minimum Gasteiger partial charge on any atom is -0.477 e. The van der Waals surface area contributed by atoms with Gasteiger partial charge in [0.15, 0.2) is 5.69 Å². The summed E-state index contributed by atoms with van der Waals surface area (Å²) < 4.78 is 5.86. The molecule has 3 heterocycles. The van der Waals surface area contributed by atoms with E-state index in [2.05, 4.69) is 15.0 Å². The quantitative estimate of drug-likeness (QED) is 0.389. The lowest BCUT2D eigenvalue weighted by molar-refractivity contribution is 0.0280. The van der Waals surface area contributed by atoms with Gasteiger partial charge in [0.2, 0.25) is 0 Å². The zero-order valence-corrected chi connectivity index (χ0v) is 20.9. The fraction of sp³-hybridized carbons (Fsp3) is 0.444. The molecule has 2 aliphatic carbocycles. The second-order valence-electron chi connectivity index (χ2n) is 10.4. The molecule has 1 spiro atoms. The summed E-state index contributed by atoms with van der Waals surface area (Å²) in [4.78, 5) is 17.8. The van der Waals surface area contributed by atoms with E-state index in [0.717, 1.165) is 68.0 Å². The maximum Gasteiger partial charge on any atom is 0.354 e. The Bertz CT molecular complexity index is 1250. The number of nitrogens with zero attached hydrogens (tertiary/aromatic N) is 3. The van der Waals surface area contributed by atoms with Crippen LogP contribution in [0, 0.1) is 11.3 Å². The van der Waals surface area contributed by atoms with E-state index in [4.69, 9.17) is 27.7 Å². The van der Waals surface area contributed by atoms with Gasteiger partial charge in [0.1, 0.15) is 17.3 Å². The topological polar surface area (TPSA) is 79.5 Å². The minimum absolute atomic E-state index is 0.0983. The van der Waals surface area contributed by atoms with E-state index < -0.39 is 5.97 Å². The Kier molecular flexibility index (Phi) is 5.76. The number of benzene rings is 1. The van der Waals surface area contributed by atoms with Crippen molar-refractivity contribution < 1.29 is 14.4 Å². The molecule has 3 fully saturated rings. The van der Waals surface area contributed by atoms with Crippen LogP contribution >= 0.6 is 23.2 Å². The summed E-state index contributed by atoms with van der Waals surface area (Å²) >= 11 is 13.0. The molecule has 35 heavy (non-hydrogen) atoms. The molecular weight excluding hydrogens is 485 g/mol. The maximum atomic E-state index is 11.3. The fourth-order valence-corrected chi connectivity index (χ4v) is 6.62. The Balaban J connectivity index is 1.14. The third-order valence-corrected chi connectivity index (χ3v) is 8.63. The number of piperidine rings is 1.